The zero-order valence-electron chi connectivity index (χ0n) is 11.5. The molecule has 0 radical (unpaired) electrons. The number of aromatic nitrogens is 1. The molecular formula is C13H21N5O. The highest BCUT2D eigenvalue weighted by atomic mass is 16.2. The van der Waals surface area contributed by atoms with Crippen LogP contribution in [0.2, 0.25) is 0 Å². The molecule has 1 atom stereocenters. The van der Waals surface area contributed by atoms with Crippen molar-refractivity contribution in [2.24, 2.45) is 5.84 Å². The number of hydrogen-bond donors (Lipinski definition) is 2. The quantitative estimate of drug-likeness (QED) is 0.612. The van der Waals surface area contributed by atoms with E-state index in [2.05, 4.69) is 15.3 Å². The van der Waals surface area contributed by atoms with Crippen molar-refractivity contribution in [3.05, 3.63) is 24.0 Å². The van der Waals surface area contributed by atoms with Crippen LogP contribution in [0.4, 0.5) is 5.69 Å². The van der Waals surface area contributed by atoms with E-state index in [0.717, 1.165) is 25.9 Å². The van der Waals surface area contributed by atoms with Gasteiger partial charge in [-0.2, -0.15) is 0 Å². The molecule has 0 aromatic carbocycles. The summed E-state index contributed by atoms with van der Waals surface area (Å²) in [4.78, 5) is 20.7. The highest BCUT2D eigenvalue weighted by molar-refractivity contribution is 5.93. The molecule has 1 aromatic heterocycles. The van der Waals surface area contributed by atoms with Crippen LogP contribution in [0.25, 0.3) is 0 Å². The van der Waals surface area contributed by atoms with E-state index in [-0.39, 0.29) is 11.9 Å². The van der Waals surface area contributed by atoms with Crippen LogP contribution < -0.4 is 11.3 Å². The number of nitrogen functional groups attached to an aromatic ring is 1. The van der Waals surface area contributed by atoms with Crippen molar-refractivity contribution in [3.63, 3.8) is 0 Å². The van der Waals surface area contributed by atoms with Gasteiger partial charge in [-0.3, -0.25) is 15.6 Å². The standard InChI is InChI=1S/C13H21N5O/c1-17(2)9-11-4-3-7-18(11)13(19)12-8-10(16-14)5-6-15-12/h5-6,8,11H,3-4,7,9,14H2,1-2H3,(H,15,16). The first-order chi connectivity index (χ1) is 9.11. The molecule has 6 nitrogen and oxygen atoms in total. The predicted octanol–water partition coefficient (Wildman–Crippen LogP) is 0.533. The Hall–Kier alpha value is -1.66. The number of nitrogens with one attached hydrogen (secondary N) is 1. The van der Waals surface area contributed by atoms with E-state index in [9.17, 15) is 4.79 Å². The number of rotatable bonds is 4. The minimum Gasteiger partial charge on any atom is -0.333 e. The number of likely N-dealkylation sites (tertiary alicyclic amines) is 1. The summed E-state index contributed by atoms with van der Waals surface area (Å²) in [6.45, 7) is 1.69. The van der Waals surface area contributed by atoms with Gasteiger partial charge in [0.25, 0.3) is 5.91 Å². The van der Waals surface area contributed by atoms with Crippen LogP contribution in [0.3, 0.4) is 0 Å². The van der Waals surface area contributed by atoms with Crippen LogP contribution in [-0.4, -0.2) is 53.9 Å². The molecule has 3 N–H and O–H groups in total. The molecule has 0 spiro atoms. The van der Waals surface area contributed by atoms with Gasteiger partial charge in [0.05, 0.1) is 5.69 Å². The first-order valence-corrected chi connectivity index (χ1v) is 6.50. The summed E-state index contributed by atoms with van der Waals surface area (Å²) in [5, 5.41) is 0. The number of anilines is 1. The lowest BCUT2D eigenvalue weighted by molar-refractivity contribution is 0.0710. The number of carbonyl (C=O) groups is 1. The van der Waals surface area contributed by atoms with E-state index < -0.39 is 0 Å². The van der Waals surface area contributed by atoms with Crippen molar-refractivity contribution in [2.45, 2.75) is 18.9 Å². The molecule has 6 heteroatoms. The highest BCUT2D eigenvalue weighted by Gasteiger charge is 2.30. The fraction of sp³-hybridized carbons (Fsp3) is 0.538. The van der Waals surface area contributed by atoms with Crippen LogP contribution >= 0.6 is 0 Å². The molecule has 2 rings (SSSR count). The number of likely N-dealkylation sites (N-methyl/N-ethyl adjacent to an activating group) is 1. The maximum Gasteiger partial charge on any atom is 0.272 e. The van der Waals surface area contributed by atoms with E-state index >= 15 is 0 Å². The average molecular weight is 263 g/mol. The van der Waals surface area contributed by atoms with Gasteiger partial charge in [0.1, 0.15) is 5.69 Å². The molecule has 1 aliphatic rings. The molecule has 104 valence electrons. The number of hydrazine groups is 1. The third-order valence-corrected chi connectivity index (χ3v) is 3.36. The Morgan fingerprint density at radius 1 is 1.63 bits per heavy atom. The molecule has 0 aliphatic carbocycles. The summed E-state index contributed by atoms with van der Waals surface area (Å²) in [6.07, 6.45) is 3.71. The molecule has 19 heavy (non-hydrogen) atoms. The van der Waals surface area contributed by atoms with Crippen LogP contribution in [0.15, 0.2) is 18.3 Å². The lowest BCUT2D eigenvalue weighted by Gasteiger charge is -2.26. The molecule has 1 amide bonds. The van der Waals surface area contributed by atoms with Gasteiger partial charge in [-0.1, -0.05) is 0 Å². The number of nitrogens with zero attached hydrogens (tertiary/aromatic N) is 3. The SMILES string of the molecule is CN(C)CC1CCCN1C(=O)c1cc(NN)ccn1. The van der Waals surface area contributed by atoms with Crippen LogP contribution in [-0.2, 0) is 0 Å². The Labute approximate surface area is 113 Å². The number of nitrogens with two attached hydrogens (primary N) is 1. The minimum absolute atomic E-state index is 0.0125. The van der Waals surface area contributed by atoms with E-state index in [1.807, 2.05) is 19.0 Å². The lowest BCUT2D eigenvalue weighted by atomic mass is 10.2. The molecule has 1 saturated heterocycles. The van der Waals surface area contributed by atoms with Crippen molar-refractivity contribution < 1.29 is 4.79 Å². The Morgan fingerprint density at radius 3 is 3.11 bits per heavy atom. The van der Waals surface area contributed by atoms with Crippen molar-refractivity contribution in [1.82, 2.24) is 14.8 Å². The first kappa shape index (κ1) is 13.8. The summed E-state index contributed by atoms with van der Waals surface area (Å²) in [5.41, 5.74) is 3.68. The smallest absolute Gasteiger partial charge is 0.272 e. The Morgan fingerprint density at radius 2 is 2.42 bits per heavy atom. The Bertz CT molecular complexity index is 448. The van der Waals surface area contributed by atoms with Crippen molar-refractivity contribution in [2.75, 3.05) is 32.6 Å². The topological polar surface area (TPSA) is 74.5 Å². The van der Waals surface area contributed by atoms with Crippen LogP contribution in [0, 0.1) is 0 Å². The molecule has 2 heterocycles. The number of carbonyl (C=O) groups excluding carboxylic acids is 1. The minimum atomic E-state index is -0.0125. The van der Waals surface area contributed by atoms with Crippen molar-refractivity contribution >= 4 is 11.6 Å². The van der Waals surface area contributed by atoms with Gasteiger partial charge in [-0.25, -0.2) is 0 Å². The summed E-state index contributed by atoms with van der Waals surface area (Å²) < 4.78 is 0. The summed E-state index contributed by atoms with van der Waals surface area (Å²) in [5.74, 6) is 5.34. The third-order valence-electron chi connectivity index (χ3n) is 3.36. The summed E-state index contributed by atoms with van der Waals surface area (Å²) in [7, 11) is 4.05. The van der Waals surface area contributed by atoms with Crippen molar-refractivity contribution in [3.8, 4) is 0 Å². The fourth-order valence-corrected chi connectivity index (χ4v) is 2.50. The van der Waals surface area contributed by atoms with E-state index in [1.54, 1.807) is 18.3 Å². The van der Waals surface area contributed by atoms with Gasteiger partial charge >= 0.3 is 0 Å². The monoisotopic (exact) mass is 263 g/mol. The number of amides is 1. The Kier molecular flexibility index (Phi) is 4.34. The molecule has 0 bridgehead atoms. The van der Waals surface area contributed by atoms with Gasteiger partial charge in [-0.05, 0) is 39.1 Å². The summed E-state index contributed by atoms with van der Waals surface area (Å²) in [6, 6.07) is 3.70. The molecular weight excluding hydrogens is 242 g/mol. The normalized spacial score (nSPS) is 18.9. The second kappa shape index (κ2) is 5.99. The first-order valence-electron chi connectivity index (χ1n) is 6.50. The zero-order valence-corrected chi connectivity index (χ0v) is 11.5. The van der Waals surface area contributed by atoms with Gasteiger partial charge in [0, 0.05) is 25.3 Å². The average Bonchev–Trinajstić information content (AvgIpc) is 2.85. The lowest BCUT2D eigenvalue weighted by Crippen LogP contribution is -2.41. The maximum atomic E-state index is 12.5. The van der Waals surface area contributed by atoms with E-state index in [4.69, 9.17) is 5.84 Å². The molecule has 1 aliphatic heterocycles. The van der Waals surface area contributed by atoms with Gasteiger partial charge in [0.2, 0.25) is 0 Å². The molecule has 0 saturated carbocycles. The van der Waals surface area contributed by atoms with E-state index in [0.29, 0.717) is 11.4 Å². The highest BCUT2D eigenvalue weighted by Crippen LogP contribution is 2.20. The largest absolute Gasteiger partial charge is 0.333 e. The predicted molar refractivity (Wildman–Crippen MR) is 74.7 cm³/mol. The summed E-state index contributed by atoms with van der Waals surface area (Å²) >= 11 is 0. The van der Waals surface area contributed by atoms with Crippen molar-refractivity contribution in [1.29, 1.82) is 0 Å². The zero-order chi connectivity index (χ0) is 13.8. The molecule has 1 unspecified atom stereocenters. The Balaban J connectivity index is 2.13. The molecule has 1 aromatic rings. The van der Waals surface area contributed by atoms with Gasteiger partial charge in [0.15, 0.2) is 0 Å². The number of hydrogen-bond acceptors (Lipinski definition) is 5. The van der Waals surface area contributed by atoms with Gasteiger partial charge < -0.3 is 15.2 Å². The molecule has 1 fully saturated rings. The van der Waals surface area contributed by atoms with Crippen LogP contribution in [0.1, 0.15) is 23.3 Å². The maximum absolute atomic E-state index is 12.5. The third kappa shape index (κ3) is 3.21. The van der Waals surface area contributed by atoms with Gasteiger partial charge in [-0.15, -0.1) is 0 Å². The van der Waals surface area contributed by atoms with Crippen LogP contribution in [0.5, 0.6) is 0 Å². The second-order valence-electron chi connectivity index (χ2n) is 5.13. The number of pyridine rings is 1. The van der Waals surface area contributed by atoms with E-state index in [1.165, 1.54) is 0 Å². The fourth-order valence-electron chi connectivity index (χ4n) is 2.50. The second-order valence-corrected chi connectivity index (χ2v) is 5.13.